The molecule has 1 spiro atoms. The minimum Gasteiger partial charge on any atom is -0.481 e. The lowest BCUT2D eigenvalue weighted by atomic mass is 9.47. The molecule has 2 saturated carbocycles. The summed E-state index contributed by atoms with van der Waals surface area (Å²) in [6, 6.07) is 24.5. The quantitative estimate of drug-likeness (QED) is 0.269. The first-order chi connectivity index (χ1) is 17.4. The topological polar surface area (TPSA) is 59.3 Å². The molecule has 2 aliphatic rings. The zero-order valence-electron chi connectivity index (χ0n) is 20.0. The van der Waals surface area contributed by atoms with Crippen molar-refractivity contribution in [2.24, 2.45) is 17.3 Å². The van der Waals surface area contributed by atoms with Gasteiger partial charge in [-0.2, -0.15) is 0 Å². The number of carboxylic acid groups (broad SMARTS) is 1. The highest BCUT2D eigenvalue weighted by atomic mass is 35.5. The fraction of sp³-hybridized carbons (Fsp3) is 0.290. The van der Waals surface area contributed by atoms with Crippen molar-refractivity contribution in [2.45, 2.75) is 38.6 Å². The van der Waals surface area contributed by atoms with Crippen LogP contribution in [0.3, 0.4) is 0 Å². The summed E-state index contributed by atoms with van der Waals surface area (Å²) in [7, 11) is 0. The first-order valence-corrected chi connectivity index (χ1v) is 13.0. The molecule has 2 aliphatic carbocycles. The molecule has 3 aromatic carbocycles. The minimum atomic E-state index is -0.681. The molecule has 6 rings (SSSR count). The highest BCUT2D eigenvalue weighted by Gasteiger charge is 2.54. The second kappa shape index (κ2) is 8.94. The van der Waals surface area contributed by atoms with Gasteiger partial charge >= 0.3 is 5.97 Å². The third-order valence-corrected chi connectivity index (χ3v) is 8.54. The van der Waals surface area contributed by atoms with Crippen molar-refractivity contribution in [3.05, 3.63) is 95.1 Å². The van der Waals surface area contributed by atoms with Gasteiger partial charge < -0.3 is 9.67 Å². The van der Waals surface area contributed by atoms with E-state index in [1.165, 1.54) is 11.1 Å². The maximum absolute atomic E-state index is 13.4. The second-order valence-corrected chi connectivity index (χ2v) is 11.1. The maximum Gasteiger partial charge on any atom is 0.306 e. The van der Waals surface area contributed by atoms with E-state index in [1.807, 2.05) is 42.6 Å². The number of ketones is 1. The van der Waals surface area contributed by atoms with E-state index < -0.39 is 5.97 Å². The van der Waals surface area contributed by atoms with Crippen LogP contribution < -0.4 is 0 Å². The molecule has 1 heterocycles. The number of nitrogens with zero attached hydrogens (tertiary/aromatic N) is 1. The van der Waals surface area contributed by atoms with Crippen LogP contribution in [0.25, 0.3) is 22.0 Å². The summed E-state index contributed by atoms with van der Waals surface area (Å²) < 4.78 is 2.12. The number of carboxylic acids is 1. The number of aromatic nitrogens is 1. The number of hydrogen-bond donors (Lipinski definition) is 1. The predicted octanol–water partition coefficient (Wildman–Crippen LogP) is 7.47. The second-order valence-electron chi connectivity index (χ2n) is 10.7. The van der Waals surface area contributed by atoms with E-state index in [-0.39, 0.29) is 17.1 Å². The lowest BCUT2D eigenvalue weighted by Crippen LogP contribution is -2.50. The molecule has 0 bridgehead atoms. The van der Waals surface area contributed by atoms with Crippen molar-refractivity contribution in [3.8, 4) is 11.1 Å². The first kappa shape index (κ1) is 23.1. The molecule has 0 aliphatic heterocycles. The number of benzene rings is 3. The molecule has 36 heavy (non-hydrogen) atoms. The van der Waals surface area contributed by atoms with Gasteiger partial charge in [-0.25, -0.2) is 0 Å². The molecule has 182 valence electrons. The van der Waals surface area contributed by atoms with Gasteiger partial charge in [-0.3, -0.25) is 9.59 Å². The third-order valence-electron chi connectivity index (χ3n) is 8.21. The SMILES string of the molecule is O=C(CC1CC2(C1)CC(C(=O)O)C2)c1ccc(Cl)c2ccn(Cc3ccc(-c4ccccc4)cc3)c12. The lowest BCUT2D eigenvalue weighted by molar-refractivity contribution is -0.157. The Kier molecular flexibility index (Phi) is 5.72. The third kappa shape index (κ3) is 4.14. The molecule has 4 aromatic rings. The largest absolute Gasteiger partial charge is 0.481 e. The summed E-state index contributed by atoms with van der Waals surface area (Å²) in [5.74, 6) is -0.390. The summed E-state index contributed by atoms with van der Waals surface area (Å²) in [6.07, 6.45) is 5.99. The monoisotopic (exact) mass is 497 g/mol. The average Bonchev–Trinajstić information content (AvgIpc) is 3.25. The van der Waals surface area contributed by atoms with Gasteiger partial charge in [-0.05, 0) is 71.9 Å². The van der Waals surface area contributed by atoms with Gasteiger partial charge in [-0.15, -0.1) is 0 Å². The maximum atomic E-state index is 13.4. The molecule has 2 fully saturated rings. The molecule has 0 atom stereocenters. The first-order valence-electron chi connectivity index (χ1n) is 12.6. The Balaban J connectivity index is 1.19. The van der Waals surface area contributed by atoms with Crippen LogP contribution in [0.4, 0.5) is 0 Å². The smallest absolute Gasteiger partial charge is 0.306 e. The summed E-state index contributed by atoms with van der Waals surface area (Å²) in [6.45, 7) is 0.655. The number of carbonyl (C=O) groups is 2. The molecule has 0 saturated heterocycles. The number of rotatable bonds is 7. The van der Waals surface area contributed by atoms with Gasteiger partial charge in [0.15, 0.2) is 5.78 Å². The van der Waals surface area contributed by atoms with Gasteiger partial charge in [0.2, 0.25) is 0 Å². The van der Waals surface area contributed by atoms with Gasteiger partial charge in [0.05, 0.1) is 11.4 Å². The number of aliphatic carboxylic acids is 1. The van der Waals surface area contributed by atoms with Crippen LogP contribution in [0.1, 0.15) is 48.0 Å². The van der Waals surface area contributed by atoms with E-state index in [4.69, 9.17) is 11.6 Å². The lowest BCUT2D eigenvalue weighted by Gasteiger charge is -2.56. The Labute approximate surface area is 215 Å². The molecule has 0 unspecified atom stereocenters. The zero-order valence-corrected chi connectivity index (χ0v) is 20.7. The van der Waals surface area contributed by atoms with Crippen molar-refractivity contribution in [2.75, 3.05) is 0 Å². The predicted molar refractivity (Wildman–Crippen MR) is 142 cm³/mol. The van der Waals surface area contributed by atoms with E-state index in [2.05, 4.69) is 41.0 Å². The number of hydrogen-bond acceptors (Lipinski definition) is 2. The molecular formula is C31H28ClNO3. The van der Waals surface area contributed by atoms with Crippen LogP contribution in [0.15, 0.2) is 79.0 Å². The minimum absolute atomic E-state index is 0.144. The van der Waals surface area contributed by atoms with Crippen LogP contribution in [0.5, 0.6) is 0 Å². The highest BCUT2D eigenvalue weighted by molar-refractivity contribution is 6.36. The van der Waals surface area contributed by atoms with E-state index >= 15 is 0 Å². The van der Waals surface area contributed by atoms with Gasteiger partial charge in [-0.1, -0.05) is 66.2 Å². The van der Waals surface area contributed by atoms with Crippen molar-refractivity contribution in [1.29, 1.82) is 0 Å². The van der Waals surface area contributed by atoms with Crippen LogP contribution in [-0.2, 0) is 11.3 Å². The summed E-state index contributed by atoms with van der Waals surface area (Å²) >= 11 is 6.51. The Bertz CT molecular complexity index is 1440. The van der Waals surface area contributed by atoms with Gasteiger partial charge in [0, 0.05) is 35.1 Å². The Hall–Kier alpha value is -3.37. The molecule has 5 heteroatoms. The van der Waals surface area contributed by atoms with E-state index in [0.29, 0.717) is 23.9 Å². The van der Waals surface area contributed by atoms with Crippen LogP contribution in [-0.4, -0.2) is 21.4 Å². The molecular weight excluding hydrogens is 470 g/mol. The molecule has 1 aromatic heterocycles. The number of carbonyl (C=O) groups excluding carboxylic acids is 1. The summed E-state index contributed by atoms with van der Waals surface area (Å²) in [5, 5.41) is 10.7. The fourth-order valence-electron chi connectivity index (χ4n) is 6.45. The van der Waals surface area contributed by atoms with Gasteiger partial charge in [0.1, 0.15) is 0 Å². The summed E-state index contributed by atoms with van der Waals surface area (Å²) in [5.41, 5.74) is 5.31. The number of halogens is 1. The molecule has 0 amide bonds. The average molecular weight is 498 g/mol. The molecule has 0 radical (unpaired) electrons. The van der Waals surface area contributed by atoms with E-state index in [9.17, 15) is 14.7 Å². The van der Waals surface area contributed by atoms with Crippen LogP contribution in [0, 0.1) is 17.3 Å². The molecule has 1 N–H and O–H groups in total. The van der Waals surface area contributed by atoms with Gasteiger partial charge in [0.25, 0.3) is 0 Å². The van der Waals surface area contributed by atoms with Crippen molar-refractivity contribution < 1.29 is 14.7 Å². The number of fused-ring (bicyclic) bond motifs is 1. The van der Waals surface area contributed by atoms with Crippen molar-refractivity contribution in [1.82, 2.24) is 4.57 Å². The Morgan fingerprint density at radius 1 is 0.889 bits per heavy atom. The Morgan fingerprint density at radius 2 is 1.58 bits per heavy atom. The highest BCUT2D eigenvalue weighted by Crippen LogP contribution is 2.62. The number of Topliss-reactive ketones (excluding diaryl/α,β-unsaturated/α-hetero) is 1. The van der Waals surface area contributed by atoms with E-state index in [1.54, 1.807) is 0 Å². The van der Waals surface area contributed by atoms with E-state index in [0.717, 1.165) is 47.7 Å². The Morgan fingerprint density at radius 3 is 2.28 bits per heavy atom. The molecule has 4 nitrogen and oxygen atoms in total. The summed E-state index contributed by atoms with van der Waals surface area (Å²) in [4.78, 5) is 24.6. The zero-order chi connectivity index (χ0) is 24.9. The van der Waals surface area contributed by atoms with Crippen molar-refractivity contribution >= 4 is 34.3 Å². The van der Waals surface area contributed by atoms with Crippen molar-refractivity contribution in [3.63, 3.8) is 0 Å². The fourth-order valence-corrected chi connectivity index (χ4v) is 6.67. The normalized spacial score (nSPS) is 22.8. The van der Waals surface area contributed by atoms with Crippen LogP contribution in [0.2, 0.25) is 5.02 Å². The standard InChI is InChI=1S/C31H28ClNO3/c32-27-11-10-26(28(34)14-21-15-31(16-21)17-24(18-31)30(35)36)29-25(27)12-13-33(29)19-20-6-8-23(9-7-20)22-4-2-1-3-5-22/h1-13,21,24H,14-19H2,(H,35,36). The van der Waals surface area contributed by atoms with Crippen LogP contribution >= 0.6 is 11.6 Å².